The van der Waals surface area contributed by atoms with Gasteiger partial charge in [0.05, 0.1) is 0 Å². The summed E-state index contributed by atoms with van der Waals surface area (Å²) < 4.78 is 0. The van der Waals surface area contributed by atoms with Crippen molar-refractivity contribution in [3.63, 3.8) is 0 Å². The first kappa shape index (κ1) is 21.7. The Balaban J connectivity index is 1.78. The summed E-state index contributed by atoms with van der Waals surface area (Å²) in [4.78, 5) is 1.55. The number of aromatic hydroxyl groups is 1. The van der Waals surface area contributed by atoms with Crippen LogP contribution in [0.2, 0.25) is 0 Å². The maximum absolute atomic E-state index is 11.6. The molecule has 34 heavy (non-hydrogen) atoms. The van der Waals surface area contributed by atoms with Gasteiger partial charge in [-0.3, -0.25) is 0 Å². The van der Waals surface area contributed by atoms with Gasteiger partial charge in [-0.1, -0.05) is 94.4 Å². The van der Waals surface area contributed by atoms with E-state index in [0.29, 0.717) is 5.69 Å². The van der Waals surface area contributed by atoms with E-state index in [1.807, 2.05) is 54.6 Å². The molecule has 5 aromatic rings. The topological polar surface area (TPSA) is 50.9 Å². The lowest BCUT2D eigenvalue weighted by atomic mass is 9.73. The van der Waals surface area contributed by atoms with Gasteiger partial charge in [-0.25, -0.2) is 0 Å². The van der Waals surface area contributed by atoms with Crippen molar-refractivity contribution in [2.75, 3.05) is 0 Å². The van der Waals surface area contributed by atoms with Gasteiger partial charge in [0.25, 0.3) is 0 Å². The van der Waals surface area contributed by atoms with Crippen molar-refractivity contribution in [3.05, 3.63) is 119 Å². The second-order valence-electron chi connectivity index (χ2n) is 9.69. The van der Waals surface area contributed by atoms with Gasteiger partial charge in [0.2, 0.25) is 0 Å². The van der Waals surface area contributed by atoms with E-state index >= 15 is 0 Å². The Kier molecular flexibility index (Phi) is 5.14. The molecular formula is C30H27N3O. The highest BCUT2D eigenvalue weighted by Gasteiger charge is 2.33. The number of phenols is 1. The van der Waals surface area contributed by atoms with Crippen LogP contribution in [0.1, 0.15) is 49.9 Å². The quantitative estimate of drug-likeness (QED) is 0.342. The zero-order valence-electron chi connectivity index (χ0n) is 19.9. The molecule has 4 heteroatoms. The lowest BCUT2D eigenvalue weighted by molar-refractivity contribution is 0.445. The molecule has 1 heterocycles. The summed E-state index contributed by atoms with van der Waals surface area (Å²) >= 11 is 0. The highest BCUT2D eigenvalue weighted by Crippen LogP contribution is 2.43. The summed E-state index contributed by atoms with van der Waals surface area (Å²) in [6.45, 7) is 8.59. The number of hydrogen-bond donors (Lipinski definition) is 1. The van der Waals surface area contributed by atoms with Crippen LogP contribution in [0.3, 0.4) is 0 Å². The van der Waals surface area contributed by atoms with Gasteiger partial charge in [-0.2, -0.15) is 0 Å². The number of nitrogens with zero attached hydrogens (tertiary/aromatic N) is 3. The van der Waals surface area contributed by atoms with E-state index in [4.69, 9.17) is 0 Å². The van der Waals surface area contributed by atoms with Gasteiger partial charge in [-0.15, -0.1) is 15.0 Å². The Hall–Kier alpha value is -4.10. The van der Waals surface area contributed by atoms with E-state index in [0.717, 1.165) is 27.7 Å². The predicted molar refractivity (Wildman–Crippen MR) is 135 cm³/mol. The summed E-state index contributed by atoms with van der Waals surface area (Å²) in [5.41, 5.74) is 5.28. The zero-order valence-corrected chi connectivity index (χ0v) is 19.9. The molecule has 0 fully saturated rings. The number of hydrogen-bond acceptors (Lipinski definition) is 3. The highest BCUT2D eigenvalue weighted by molar-refractivity contribution is 5.74. The molecule has 0 aliphatic carbocycles. The van der Waals surface area contributed by atoms with Crippen LogP contribution in [0.15, 0.2) is 84.9 Å². The van der Waals surface area contributed by atoms with Gasteiger partial charge in [-0.05, 0) is 41.5 Å². The average molecular weight is 446 g/mol. The highest BCUT2D eigenvalue weighted by atomic mass is 16.3. The molecule has 5 rings (SSSR count). The largest absolute Gasteiger partial charge is 0.505 e. The summed E-state index contributed by atoms with van der Waals surface area (Å²) in [5, 5.41) is 20.9. The first-order chi connectivity index (χ1) is 16.3. The fraction of sp³-hybridized carbons (Fsp3) is 0.200. The maximum Gasteiger partial charge on any atom is 0.147 e. The molecule has 4 aromatic carbocycles. The third kappa shape index (κ3) is 3.60. The SMILES string of the molecule is CC(C)(c1ccccc1)c1cc(-n2nc3ccccc3n2)c(O)c(C(C)(C)c2c#cccc2)c1. The summed E-state index contributed by atoms with van der Waals surface area (Å²) in [6.07, 6.45) is 0. The van der Waals surface area contributed by atoms with E-state index in [9.17, 15) is 5.11 Å². The third-order valence-corrected chi connectivity index (χ3v) is 6.81. The number of phenolic OH excluding ortho intramolecular Hbond substituents is 1. The Morgan fingerprint density at radius 1 is 0.735 bits per heavy atom. The number of benzene rings is 3. The smallest absolute Gasteiger partial charge is 0.147 e. The third-order valence-electron chi connectivity index (χ3n) is 6.81. The minimum absolute atomic E-state index is 0.162. The summed E-state index contributed by atoms with van der Waals surface area (Å²) in [6, 6.07) is 34.3. The van der Waals surface area contributed by atoms with Crippen molar-refractivity contribution in [1.82, 2.24) is 15.0 Å². The van der Waals surface area contributed by atoms with Crippen molar-refractivity contribution in [2.45, 2.75) is 38.5 Å². The number of fused-ring (bicyclic) bond motifs is 1. The molecule has 4 nitrogen and oxygen atoms in total. The lowest BCUT2D eigenvalue weighted by Gasteiger charge is -2.31. The average Bonchev–Trinajstić information content (AvgIpc) is 3.29. The standard InChI is InChI=1S/C30H27N3O/c1-29(2,21-13-7-5-8-14-21)23-19-24(30(3,4)22-15-9-6-10-16-22)28(34)27(20-23)33-31-25-17-11-12-18-26(25)32-33/h5-9,11-15,17-20,34H,1-4H3. The second kappa shape index (κ2) is 8.04. The maximum atomic E-state index is 11.6. The van der Waals surface area contributed by atoms with Crippen molar-refractivity contribution >= 4 is 11.0 Å². The molecule has 0 saturated heterocycles. The van der Waals surface area contributed by atoms with Gasteiger partial charge < -0.3 is 5.11 Å². The molecule has 0 amide bonds. The molecule has 0 saturated carbocycles. The van der Waals surface area contributed by atoms with Gasteiger partial charge in [0.1, 0.15) is 22.5 Å². The Bertz CT molecular complexity index is 1420. The van der Waals surface area contributed by atoms with Crippen LogP contribution in [0, 0.1) is 12.1 Å². The Morgan fingerprint density at radius 2 is 1.38 bits per heavy atom. The molecule has 0 radical (unpaired) electrons. The van der Waals surface area contributed by atoms with Gasteiger partial charge >= 0.3 is 0 Å². The monoisotopic (exact) mass is 445 g/mol. The van der Waals surface area contributed by atoms with Gasteiger partial charge in [0, 0.05) is 22.0 Å². The lowest BCUT2D eigenvalue weighted by Crippen LogP contribution is -2.24. The van der Waals surface area contributed by atoms with Crippen molar-refractivity contribution in [3.8, 4) is 11.4 Å². The first-order valence-electron chi connectivity index (χ1n) is 11.4. The molecular weight excluding hydrogens is 418 g/mol. The predicted octanol–water partition coefficient (Wildman–Crippen LogP) is 6.38. The summed E-state index contributed by atoms with van der Waals surface area (Å²) in [7, 11) is 0. The molecule has 0 spiro atoms. The fourth-order valence-electron chi connectivity index (χ4n) is 4.46. The van der Waals surface area contributed by atoms with Crippen molar-refractivity contribution in [2.24, 2.45) is 0 Å². The van der Waals surface area contributed by atoms with Crippen LogP contribution >= 0.6 is 0 Å². The molecule has 1 aromatic heterocycles. The van der Waals surface area contributed by atoms with Crippen molar-refractivity contribution in [1.29, 1.82) is 0 Å². The molecule has 0 atom stereocenters. The van der Waals surface area contributed by atoms with Crippen LogP contribution in [0.4, 0.5) is 0 Å². The molecule has 0 bridgehead atoms. The normalized spacial score (nSPS) is 12.0. The van der Waals surface area contributed by atoms with E-state index < -0.39 is 5.41 Å². The zero-order chi connectivity index (χ0) is 23.9. The van der Waals surface area contributed by atoms with Crippen LogP contribution < -0.4 is 0 Å². The first-order valence-corrected chi connectivity index (χ1v) is 11.4. The van der Waals surface area contributed by atoms with Crippen LogP contribution in [-0.2, 0) is 10.8 Å². The van der Waals surface area contributed by atoms with Crippen LogP contribution in [0.25, 0.3) is 16.7 Å². The van der Waals surface area contributed by atoms with E-state index in [-0.39, 0.29) is 11.2 Å². The molecule has 0 unspecified atom stereocenters. The van der Waals surface area contributed by atoms with E-state index in [1.54, 1.807) is 4.80 Å². The summed E-state index contributed by atoms with van der Waals surface area (Å²) in [5.74, 6) is 0.162. The fourth-order valence-corrected chi connectivity index (χ4v) is 4.46. The van der Waals surface area contributed by atoms with Gasteiger partial charge in [0.15, 0.2) is 0 Å². The van der Waals surface area contributed by atoms with Crippen LogP contribution in [0.5, 0.6) is 5.75 Å². The molecule has 168 valence electrons. The minimum atomic E-state index is -0.522. The van der Waals surface area contributed by atoms with Crippen LogP contribution in [-0.4, -0.2) is 20.1 Å². The van der Waals surface area contributed by atoms with E-state index in [2.05, 4.69) is 80.4 Å². The van der Waals surface area contributed by atoms with E-state index in [1.165, 1.54) is 5.56 Å². The number of rotatable bonds is 5. The Labute approximate surface area is 200 Å². The molecule has 0 aliphatic heterocycles. The second-order valence-corrected chi connectivity index (χ2v) is 9.69. The molecule has 1 N–H and O–H groups in total. The number of aromatic nitrogens is 3. The Morgan fingerprint density at radius 3 is 2.00 bits per heavy atom. The van der Waals surface area contributed by atoms with Crippen molar-refractivity contribution < 1.29 is 5.11 Å². The molecule has 0 aliphatic rings. The minimum Gasteiger partial charge on any atom is -0.505 e.